The van der Waals surface area contributed by atoms with Crippen LogP contribution >= 0.6 is 12.4 Å². The lowest BCUT2D eigenvalue weighted by Gasteiger charge is -2.18. The van der Waals surface area contributed by atoms with E-state index in [1.54, 1.807) is 13.8 Å². The molecule has 6 nitrogen and oxygen atoms in total. The number of carbonyl (C=O) groups excluding carboxylic acids is 1. The summed E-state index contributed by atoms with van der Waals surface area (Å²) < 4.78 is 12.9. The molecule has 3 N–H and O–H groups in total. The summed E-state index contributed by atoms with van der Waals surface area (Å²) in [6.07, 6.45) is 0. The quantitative estimate of drug-likeness (QED) is 0.650. The first-order valence-electron chi connectivity index (χ1n) is 5.22. The van der Waals surface area contributed by atoms with Gasteiger partial charge in [-0.2, -0.15) is 0 Å². The van der Waals surface area contributed by atoms with Crippen LogP contribution in [0.5, 0.6) is 0 Å². The van der Waals surface area contributed by atoms with E-state index in [0.717, 1.165) is 12.1 Å². The van der Waals surface area contributed by atoms with Crippen LogP contribution in [-0.4, -0.2) is 22.9 Å². The zero-order chi connectivity index (χ0) is 13.9. The molecule has 0 aromatic heterocycles. The first-order chi connectivity index (χ1) is 8.20. The fourth-order valence-electron chi connectivity index (χ4n) is 1.25. The summed E-state index contributed by atoms with van der Waals surface area (Å²) in [5.74, 6) is -1.42. The molecular formula is C11H15ClFN3O3. The second-order valence-electron chi connectivity index (χ2n) is 4.59. The lowest BCUT2D eigenvalue weighted by Crippen LogP contribution is -2.45. The lowest BCUT2D eigenvalue weighted by molar-refractivity contribution is -0.385. The van der Waals surface area contributed by atoms with Crippen LogP contribution in [0.4, 0.5) is 10.1 Å². The number of nitrogens with two attached hydrogens (primary N) is 1. The van der Waals surface area contributed by atoms with Gasteiger partial charge in [0.05, 0.1) is 11.0 Å². The number of hydrogen-bond acceptors (Lipinski definition) is 4. The van der Waals surface area contributed by atoms with E-state index >= 15 is 0 Å². The van der Waals surface area contributed by atoms with Crippen LogP contribution in [-0.2, 0) is 0 Å². The van der Waals surface area contributed by atoms with Gasteiger partial charge in [0.2, 0.25) is 0 Å². The molecule has 1 aromatic carbocycles. The van der Waals surface area contributed by atoms with Gasteiger partial charge in [-0.15, -0.1) is 12.4 Å². The molecule has 19 heavy (non-hydrogen) atoms. The van der Waals surface area contributed by atoms with Gasteiger partial charge in [-0.25, -0.2) is 4.39 Å². The summed E-state index contributed by atoms with van der Waals surface area (Å²) in [6, 6.07) is 2.78. The molecule has 0 saturated carbocycles. The Balaban J connectivity index is 0.00000324. The molecule has 0 bridgehead atoms. The highest BCUT2D eigenvalue weighted by atomic mass is 35.5. The van der Waals surface area contributed by atoms with Crippen molar-refractivity contribution in [2.75, 3.05) is 6.54 Å². The van der Waals surface area contributed by atoms with Crippen molar-refractivity contribution in [2.24, 2.45) is 5.73 Å². The van der Waals surface area contributed by atoms with Crippen molar-refractivity contribution in [3.05, 3.63) is 39.7 Å². The van der Waals surface area contributed by atoms with E-state index in [-0.39, 0.29) is 24.5 Å². The van der Waals surface area contributed by atoms with Gasteiger partial charge in [-0.1, -0.05) is 0 Å². The van der Waals surface area contributed by atoms with Crippen LogP contribution in [0.3, 0.4) is 0 Å². The van der Waals surface area contributed by atoms with E-state index in [2.05, 4.69) is 5.32 Å². The summed E-state index contributed by atoms with van der Waals surface area (Å²) in [7, 11) is 0. The molecule has 8 heteroatoms. The minimum atomic E-state index is -0.800. The lowest BCUT2D eigenvalue weighted by atomic mass is 10.1. The van der Waals surface area contributed by atoms with Gasteiger partial charge in [-0.3, -0.25) is 14.9 Å². The van der Waals surface area contributed by atoms with Gasteiger partial charge in [0.15, 0.2) is 0 Å². The third-order valence-corrected chi connectivity index (χ3v) is 2.11. The number of nitrogens with zero attached hydrogens (tertiary/aromatic N) is 1. The molecule has 0 fully saturated rings. The molecule has 0 unspecified atom stereocenters. The average molecular weight is 292 g/mol. The first kappa shape index (κ1) is 17.3. The van der Waals surface area contributed by atoms with Crippen LogP contribution < -0.4 is 11.1 Å². The average Bonchev–Trinajstić information content (AvgIpc) is 2.24. The standard InChI is InChI=1S/C11H14FN3O3.ClH/c1-11(2,13)6-14-10(16)8-4-3-7(12)5-9(8)15(17)18;/h3-5H,6,13H2,1-2H3,(H,14,16);1H. The number of rotatable bonds is 4. The predicted molar refractivity (Wildman–Crippen MR) is 70.9 cm³/mol. The molecule has 0 aliphatic rings. The largest absolute Gasteiger partial charge is 0.350 e. The summed E-state index contributed by atoms with van der Waals surface area (Å²) in [5, 5.41) is 13.2. The number of hydrogen-bond donors (Lipinski definition) is 2. The molecule has 0 aliphatic heterocycles. The normalized spacial score (nSPS) is 10.5. The van der Waals surface area contributed by atoms with Crippen molar-refractivity contribution < 1.29 is 14.1 Å². The fourth-order valence-corrected chi connectivity index (χ4v) is 1.25. The minimum absolute atomic E-state index is 0. The third kappa shape index (κ3) is 5.19. The molecule has 0 heterocycles. The molecular weight excluding hydrogens is 277 g/mol. The second-order valence-corrected chi connectivity index (χ2v) is 4.59. The Hall–Kier alpha value is -1.73. The monoisotopic (exact) mass is 291 g/mol. The number of nitro groups is 1. The van der Waals surface area contributed by atoms with Crippen LogP contribution in [0.2, 0.25) is 0 Å². The van der Waals surface area contributed by atoms with E-state index in [1.165, 1.54) is 0 Å². The number of carbonyl (C=O) groups is 1. The van der Waals surface area contributed by atoms with Crippen molar-refractivity contribution in [3.8, 4) is 0 Å². The van der Waals surface area contributed by atoms with E-state index in [1.807, 2.05) is 0 Å². The van der Waals surface area contributed by atoms with Crippen molar-refractivity contribution in [1.82, 2.24) is 5.32 Å². The SMILES string of the molecule is CC(C)(N)CNC(=O)c1ccc(F)cc1[N+](=O)[O-].Cl. The van der Waals surface area contributed by atoms with E-state index in [0.29, 0.717) is 6.07 Å². The molecule has 1 aromatic rings. The van der Waals surface area contributed by atoms with Gasteiger partial charge < -0.3 is 11.1 Å². The number of halogens is 2. The Kier molecular flexibility index (Phi) is 5.85. The zero-order valence-electron chi connectivity index (χ0n) is 10.5. The summed E-state index contributed by atoms with van der Waals surface area (Å²) in [5.41, 5.74) is 4.28. The van der Waals surface area contributed by atoms with Gasteiger partial charge in [-0.05, 0) is 26.0 Å². The van der Waals surface area contributed by atoms with Crippen LogP contribution in [0, 0.1) is 15.9 Å². The molecule has 0 spiro atoms. The maximum absolute atomic E-state index is 12.9. The Morgan fingerprint density at radius 3 is 2.58 bits per heavy atom. The van der Waals surface area contributed by atoms with E-state index in [9.17, 15) is 19.3 Å². The first-order valence-corrected chi connectivity index (χ1v) is 5.22. The Labute approximate surface area is 115 Å². The highest BCUT2D eigenvalue weighted by Crippen LogP contribution is 2.19. The van der Waals surface area contributed by atoms with E-state index < -0.39 is 27.9 Å². The number of amides is 1. The molecule has 106 valence electrons. The van der Waals surface area contributed by atoms with Crippen molar-refractivity contribution in [1.29, 1.82) is 0 Å². The van der Waals surface area contributed by atoms with Crippen molar-refractivity contribution in [2.45, 2.75) is 19.4 Å². The summed E-state index contributed by atoms with van der Waals surface area (Å²) >= 11 is 0. The van der Waals surface area contributed by atoms with E-state index in [4.69, 9.17) is 5.73 Å². The maximum atomic E-state index is 12.9. The summed E-state index contributed by atoms with van der Waals surface area (Å²) in [4.78, 5) is 21.6. The molecule has 0 atom stereocenters. The Morgan fingerprint density at radius 1 is 1.53 bits per heavy atom. The van der Waals surface area contributed by atoms with Gasteiger partial charge in [0.25, 0.3) is 11.6 Å². The number of nitrogens with one attached hydrogen (secondary N) is 1. The maximum Gasteiger partial charge on any atom is 0.285 e. The van der Waals surface area contributed by atoms with Gasteiger partial charge in [0, 0.05) is 12.1 Å². The smallest absolute Gasteiger partial charge is 0.285 e. The van der Waals surface area contributed by atoms with Crippen molar-refractivity contribution >= 4 is 24.0 Å². The molecule has 0 aliphatic carbocycles. The predicted octanol–water partition coefficient (Wildman–Crippen LogP) is 1.62. The highest BCUT2D eigenvalue weighted by Gasteiger charge is 2.22. The third-order valence-electron chi connectivity index (χ3n) is 2.11. The van der Waals surface area contributed by atoms with Crippen molar-refractivity contribution in [3.63, 3.8) is 0 Å². The molecule has 0 saturated heterocycles. The zero-order valence-corrected chi connectivity index (χ0v) is 11.3. The molecule has 1 amide bonds. The van der Waals surface area contributed by atoms with Gasteiger partial charge in [0.1, 0.15) is 11.4 Å². The van der Waals surface area contributed by atoms with Crippen LogP contribution in [0.15, 0.2) is 18.2 Å². The molecule has 0 radical (unpaired) electrons. The molecule has 1 rings (SSSR count). The highest BCUT2D eigenvalue weighted by molar-refractivity contribution is 5.98. The van der Waals surface area contributed by atoms with Gasteiger partial charge >= 0.3 is 0 Å². The number of nitro benzene ring substituents is 1. The van der Waals surface area contributed by atoms with Crippen LogP contribution in [0.25, 0.3) is 0 Å². The summed E-state index contributed by atoms with van der Waals surface area (Å²) in [6.45, 7) is 3.55. The Morgan fingerprint density at radius 2 is 2.11 bits per heavy atom. The minimum Gasteiger partial charge on any atom is -0.350 e. The fraction of sp³-hybridized carbons (Fsp3) is 0.364. The topological polar surface area (TPSA) is 98.3 Å². The number of benzene rings is 1. The van der Waals surface area contributed by atoms with Crippen LogP contribution in [0.1, 0.15) is 24.2 Å². The second kappa shape index (κ2) is 6.44. The Bertz CT molecular complexity index is 489.